The molecule has 0 bridgehead atoms. The van der Waals surface area contributed by atoms with E-state index in [9.17, 15) is 4.79 Å². The monoisotopic (exact) mass is 276 g/mol. The number of hydrogen-bond donors (Lipinski definition) is 1. The van der Waals surface area contributed by atoms with Gasteiger partial charge in [0.15, 0.2) is 0 Å². The van der Waals surface area contributed by atoms with E-state index in [4.69, 9.17) is 10.5 Å². The van der Waals surface area contributed by atoms with Crippen LogP contribution in [0.25, 0.3) is 0 Å². The van der Waals surface area contributed by atoms with Gasteiger partial charge in [0.25, 0.3) is 0 Å². The number of benzene rings is 1. The van der Waals surface area contributed by atoms with Gasteiger partial charge in [-0.3, -0.25) is 4.79 Å². The van der Waals surface area contributed by atoms with Crippen LogP contribution in [-0.4, -0.2) is 25.2 Å². The van der Waals surface area contributed by atoms with Crippen LogP contribution in [-0.2, 0) is 9.53 Å². The second-order valence-corrected chi connectivity index (χ2v) is 6.40. The van der Waals surface area contributed by atoms with Crippen LogP contribution in [0.5, 0.6) is 0 Å². The Hall–Kier alpha value is -1.71. The third kappa shape index (κ3) is 3.44. The molecule has 0 unspecified atom stereocenters. The molecular formula is C16H24N2O2. The Kier molecular flexibility index (Phi) is 4.21. The number of nitrogens with two attached hydrogens (primary N) is 1. The van der Waals surface area contributed by atoms with Gasteiger partial charge in [-0.15, -0.1) is 0 Å². The van der Waals surface area contributed by atoms with Gasteiger partial charge in [-0.1, -0.05) is 12.1 Å². The summed E-state index contributed by atoms with van der Waals surface area (Å²) in [7, 11) is 0. The van der Waals surface area contributed by atoms with Crippen LogP contribution < -0.4 is 10.6 Å². The number of hydrogen-bond acceptors (Lipinski definition) is 4. The van der Waals surface area contributed by atoms with Crippen LogP contribution in [0.1, 0.15) is 33.6 Å². The molecule has 2 rings (SSSR count). The van der Waals surface area contributed by atoms with E-state index >= 15 is 0 Å². The molecule has 4 nitrogen and oxygen atoms in total. The lowest BCUT2D eigenvalue weighted by molar-refractivity contribution is -0.159. The number of anilines is 2. The third-order valence-corrected chi connectivity index (χ3v) is 3.61. The Bertz CT molecular complexity index is 472. The van der Waals surface area contributed by atoms with Gasteiger partial charge >= 0.3 is 5.97 Å². The average Bonchev–Trinajstić information content (AvgIpc) is 2.39. The van der Waals surface area contributed by atoms with Crippen molar-refractivity contribution in [3.63, 3.8) is 0 Å². The minimum atomic E-state index is -0.430. The molecule has 1 aliphatic rings. The second kappa shape index (κ2) is 5.73. The molecular weight excluding hydrogens is 252 g/mol. The van der Waals surface area contributed by atoms with Gasteiger partial charge in [0.2, 0.25) is 0 Å². The second-order valence-electron chi connectivity index (χ2n) is 6.40. The van der Waals surface area contributed by atoms with E-state index in [0.29, 0.717) is 0 Å². The minimum Gasteiger partial charge on any atom is -0.462 e. The molecule has 1 aliphatic heterocycles. The number of nitrogen functional groups attached to an aromatic ring is 1. The van der Waals surface area contributed by atoms with E-state index < -0.39 is 5.41 Å². The van der Waals surface area contributed by atoms with Crippen molar-refractivity contribution in [1.82, 2.24) is 0 Å². The van der Waals surface area contributed by atoms with Crippen LogP contribution in [0.2, 0.25) is 0 Å². The van der Waals surface area contributed by atoms with Gasteiger partial charge in [-0.25, -0.2) is 0 Å². The molecule has 4 heteroatoms. The number of nitrogens with zero attached hydrogens (tertiary/aromatic N) is 1. The molecule has 0 saturated carbocycles. The lowest BCUT2D eigenvalue weighted by atomic mass is 9.97. The number of carbonyl (C=O) groups excluding carboxylic acids is 1. The number of ether oxygens (including phenoxy) is 1. The molecule has 0 aliphatic carbocycles. The summed E-state index contributed by atoms with van der Waals surface area (Å²) < 4.78 is 5.57. The van der Waals surface area contributed by atoms with Crippen molar-refractivity contribution in [1.29, 1.82) is 0 Å². The maximum Gasteiger partial charge on any atom is 0.311 e. The molecule has 0 aromatic heterocycles. The van der Waals surface area contributed by atoms with E-state index in [1.807, 2.05) is 45.0 Å². The SMILES string of the molecule is CC(C)(C)C(=O)OC1CCN(c2ccccc2N)CC1. The zero-order valence-electron chi connectivity index (χ0n) is 12.6. The van der Waals surface area contributed by atoms with Gasteiger partial charge in [0.05, 0.1) is 16.8 Å². The molecule has 2 N–H and O–H groups in total. The van der Waals surface area contributed by atoms with Crippen LogP contribution in [0.15, 0.2) is 24.3 Å². The quantitative estimate of drug-likeness (QED) is 0.666. The molecule has 0 radical (unpaired) electrons. The lowest BCUT2D eigenvalue weighted by Crippen LogP contribution is -2.39. The van der Waals surface area contributed by atoms with E-state index in [1.54, 1.807) is 0 Å². The first-order valence-corrected chi connectivity index (χ1v) is 7.18. The fourth-order valence-electron chi connectivity index (χ4n) is 2.32. The van der Waals surface area contributed by atoms with Crippen LogP contribution in [0, 0.1) is 5.41 Å². The molecule has 0 atom stereocenters. The largest absolute Gasteiger partial charge is 0.462 e. The van der Waals surface area contributed by atoms with Crippen molar-refractivity contribution in [2.75, 3.05) is 23.7 Å². The van der Waals surface area contributed by atoms with Crippen molar-refractivity contribution in [3.05, 3.63) is 24.3 Å². The fraction of sp³-hybridized carbons (Fsp3) is 0.562. The molecule has 1 fully saturated rings. The summed E-state index contributed by atoms with van der Waals surface area (Å²) in [5.41, 5.74) is 7.45. The summed E-state index contributed by atoms with van der Waals surface area (Å²) in [6.45, 7) is 7.39. The molecule has 20 heavy (non-hydrogen) atoms. The van der Waals surface area contributed by atoms with Crippen molar-refractivity contribution in [2.24, 2.45) is 5.41 Å². The molecule has 110 valence electrons. The summed E-state index contributed by atoms with van der Waals surface area (Å²) in [4.78, 5) is 14.1. The van der Waals surface area contributed by atoms with Gasteiger partial charge < -0.3 is 15.4 Å². The highest BCUT2D eigenvalue weighted by Crippen LogP contribution is 2.27. The normalized spacial score (nSPS) is 17.1. The van der Waals surface area contributed by atoms with Gasteiger partial charge in [-0.05, 0) is 32.9 Å². The minimum absolute atomic E-state index is 0.0305. The number of carbonyl (C=O) groups is 1. The number of para-hydroxylation sites is 2. The molecule has 1 heterocycles. The van der Waals surface area contributed by atoms with Gasteiger partial charge in [0.1, 0.15) is 6.10 Å². The number of piperidine rings is 1. The first kappa shape index (κ1) is 14.7. The summed E-state index contributed by atoms with van der Waals surface area (Å²) in [6.07, 6.45) is 1.75. The highest BCUT2D eigenvalue weighted by Gasteiger charge is 2.28. The van der Waals surface area contributed by atoms with Gasteiger partial charge in [-0.2, -0.15) is 0 Å². The fourth-order valence-corrected chi connectivity index (χ4v) is 2.32. The first-order valence-electron chi connectivity index (χ1n) is 7.18. The zero-order valence-corrected chi connectivity index (χ0v) is 12.6. The highest BCUT2D eigenvalue weighted by atomic mass is 16.5. The smallest absolute Gasteiger partial charge is 0.311 e. The molecule has 1 aromatic rings. The van der Waals surface area contributed by atoms with Crippen LogP contribution in [0.3, 0.4) is 0 Å². The average molecular weight is 276 g/mol. The van der Waals surface area contributed by atoms with Crippen LogP contribution >= 0.6 is 0 Å². The van der Waals surface area contributed by atoms with Crippen molar-refractivity contribution in [3.8, 4) is 0 Å². The Morgan fingerprint density at radius 1 is 1.25 bits per heavy atom. The Morgan fingerprint density at radius 3 is 2.40 bits per heavy atom. The van der Waals surface area contributed by atoms with Crippen molar-refractivity contribution < 1.29 is 9.53 Å². The molecule has 1 aromatic carbocycles. The summed E-state index contributed by atoms with van der Waals surface area (Å²) in [6, 6.07) is 7.89. The molecule has 0 spiro atoms. The van der Waals surface area contributed by atoms with Gasteiger partial charge in [0, 0.05) is 25.9 Å². The number of esters is 1. The summed E-state index contributed by atoms with van der Waals surface area (Å²) >= 11 is 0. The highest BCUT2D eigenvalue weighted by molar-refractivity contribution is 5.75. The van der Waals surface area contributed by atoms with Crippen molar-refractivity contribution >= 4 is 17.3 Å². The molecule has 1 saturated heterocycles. The Balaban J connectivity index is 1.90. The Morgan fingerprint density at radius 2 is 1.85 bits per heavy atom. The summed E-state index contributed by atoms with van der Waals surface area (Å²) in [5, 5.41) is 0. The first-order chi connectivity index (χ1) is 9.38. The standard InChI is InChI=1S/C16H24N2O2/c1-16(2,3)15(19)20-12-8-10-18(11-9-12)14-7-5-4-6-13(14)17/h4-7,12H,8-11,17H2,1-3H3. The van der Waals surface area contributed by atoms with E-state index in [2.05, 4.69) is 4.90 Å². The van der Waals surface area contributed by atoms with Crippen molar-refractivity contribution in [2.45, 2.75) is 39.7 Å². The maximum atomic E-state index is 11.9. The number of rotatable bonds is 2. The van der Waals surface area contributed by atoms with E-state index in [0.717, 1.165) is 37.3 Å². The topological polar surface area (TPSA) is 55.6 Å². The third-order valence-electron chi connectivity index (χ3n) is 3.61. The van der Waals surface area contributed by atoms with Crippen LogP contribution in [0.4, 0.5) is 11.4 Å². The zero-order chi connectivity index (χ0) is 14.8. The lowest BCUT2D eigenvalue weighted by Gasteiger charge is -2.34. The maximum absolute atomic E-state index is 11.9. The summed E-state index contributed by atoms with van der Waals surface area (Å²) in [5.74, 6) is -0.116. The predicted molar refractivity (Wildman–Crippen MR) is 81.6 cm³/mol. The molecule has 0 amide bonds. The predicted octanol–water partition coefficient (Wildman–Crippen LogP) is 2.83. The Labute approximate surface area is 120 Å². The van der Waals surface area contributed by atoms with E-state index in [-0.39, 0.29) is 12.1 Å². The van der Waals surface area contributed by atoms with E-state index in [1.165, 1.54) is 0 Å².